The number of aryl methyl sites for hydroxylation is 1. The van der Waals surface area contributed by atoms with Gasteiger partial charge in [-0.25, -0.2) is 13.4 Å². The number of rotatable bonds is 5. The van der Waals surface area contributed by atoms with Crippen LogP contribution in [0.4, 0.5) is 10.2 Å². The number of piperazine rings is 1. The van der Waals surface area contributed by atoms with Crippen LogP contribution in [-0.2, 0) is 10.0 Å². The summed E-state index contributed by atoms with van der Waals surface area (Å²) >= 11 is 0. The van der Waals surface area contributed by atoms with Crippen molar-refractivity contribution in [2.24, 2.45) is 0 Å². The lowest BCUT2D eigenvalue weighted by molar-refractivity contribution is 0.336. The molecule has 3 rings (SSSR count). The van der Waals surface area contributed by atoms with Gasteiger partial charge in [-0.3, -0.25) is 0 Å². The third kappa shape index (κ3) is 4.06. The average molecular weight is 393 g/mol. The minimum atomic E-state index is -3.61. The van der Waals surface area contributed by atoms with E-state index in [4.69, 9.17) is 4.74 Å². The van der Waals surface area contributed by atoms with Crippen molar-refractivity contribution in [2.45, 2.75) is 31.7 Å². The van der Waals surface area contributed by atoms with Crippen LogP contribution in [0.15, 0.2) is 41.3 Å². The molecule has 1 aliphatic heterocycles. The zero-order valence-corrected chi connectivity index (χ0v) is 16.5. The molecule has 0 N–H and O–H groups in total. The normalized spacial score (nSPS) is 18.5. The van der Waals surface area contributed by atoms with Crippen molar-refractivity contribution < 1.29 is 17.5 Å². The fourth-order valence-corrected chi connectivity index (χ4v) is 4.89. The summed E-state index contributed by atoms with van der Waals surface area (Å²) in [4.78, 5) is 6.10. The van der Waals surface area contributed by atoms with E-state index < -0.39 is 16.0 Å². The molecule has 1 unspecified atom stereocenters. The minimum Gasteiger partial charge on any atom is -0.494 e. The molecular weight excluding hydrogens is 369 g/mol. The highest BCUT2D eigenvalue weighted by Crippen LogP contribution is 2.27. The second-order valence-corrected chi connectivity index (χ2v) is 8.52. The number of ether oxygens (including phenoxy) is 1. The molecule has 1 fully saturated rings. The van der Waals surface area contributed by atoms with Gasteiger partial charge in [0.2, 0.25) is 16.0 Å². The Hall–Kier alpha value is -2.19. The molecule has 1 aromatic heterocycles. The maximum absolute atomic E-state index is 13.4. The Morgan fingerprint density at radius 3 is 2.67 bits per heavy atom. The fraction of sp³-hybridized carbons (Fsp3) is 0.421. The number of aromatic nitrogens is 1. The van der Waals surface area contributed by atoms with E-state index in [1.54, 1.807) is 30.3 Å². The Balaban J connectivity index is 1.78. The molecule has 27 heavy (non-hydrogen) atoms. The Morgan fingerprint density at radius 1 is 1.26 bits per heavy atom. The Labute approximate surface area is 159 Å². The monoisotopic (exact) mass is 393 g/mol. The summed E-state index contributed by atoms with van der Waals surface area (Å²) in [5.41, 5.74) is 0.786. The smallest absolute Gasteiger partial charge is 0.243 e. The fourth-order valence-electron chi connectivity index (χ4n) is 3.29. The standard InChI is InChI=1S/C19H24FN3O3S/c1-4-26-17-9-8-16(12-14(17)2)27(24,25)22-10-11-23(15(3)13-22)19-7-5-6-18(20)21-19/h5-9,12,15H,4,10-11,13H2,1-3H3. The molecule has 146 valence electrons. The largest absolute Gasteiger partial charge is 0.494 e. The van der Waals surface area contributed by atoms with E-state index in [0.29, 0.717) is 37.8 Å². The van der Waals surface area contributed by atoms with Gasteiger partial charge in [0.25, 0.3) is 0 Å². The molecule has 1 aromatic carbocycles. The van der Waals surface area contributed by atoms with E-state index in [2.05, 4.69) is 4.98 Å². The highest BCUT2D eigenvalue weighted by molar-refractivity contribution is 7.89. The highest BCUT2D eigenvalue weighted by Gasteiger charge is 2.33. The first kappa shape index (κ1) is 19.6. The van der Waals surface area contributed by atoms with E-state index in [-0.39, 0.29) is 10.9 Å². The van der Waals surface area contributed by atoms with E-state index in [1.165, 1.54) is 10.4 Å². The van der Waals surface area contributed by atoms with E-state index in [9.17, 15) is 12.8 Å². The lowest BCUT2D eigenvalue weighted by Gasteiger charge is -2.39. The quantitative estimate of drug-likeness (QED) is 0.731. The van der Waals surface area contributed by atoms with Crippen molar-refractivity contribution in [3.63, 3.8) is 0 Å². The highest BCUT2D eigenvalue weighted by atomic mass is 32.2. The van der Waals surface area contributed by atoms with Crippen LogP contribution in [0.1, 0.15) is 19.4 Å². The molecule has 1 aliphatic rings. The van der Waals surface area contributed by atoms with Crippen molar-refractivity contribution in [1.82, 2.24) is 9.29 Å². The van der Waals surface area contributed by atoms with Gasteiger partial charge in [0, 0.05) is 25.7 Å². The van der Waals surface area contributed by atoms with Crippen molar-refractivity contribution in [3.05, 3.63) is 47.9 Å². The average Bonchev–Trinajstić information content (AvgIpc) is 2.63. The van der Waals surface area contributed by atoms with Crippen LogP contribution >= 0.6 is 0 Å². The molecule has 0 spiro atoms. The van der Waals surface area contributed by atoms with Gasteiger partial charge in [-0.05, 0) is 56.7 Å². The van der Waals surface area contributed by atoms with Crippen LogP contribution in [0.25, 0.3) is 0 Å². The molecule has 2 heterocycles. The summed E-state index contributed by atoms with van der Waals surface area (Å²) in [5, 5.41) is 0. The van der Waals surface area contributed by atoms with Crippen LogP contribution in [0, 0.1) is 12.9 Å². The lowest BCUT2D eigenvalue weighted by atomic mass is 10.2. The van der Waals surface area contributed by atoms with E-state index >= 15 is 0 Å². The SMILES string of the molecule is CCOc1ccc(S(=O)(=O)N2CCN(c3cccc(F)n3)C(C)C2)cc1C. The summed E-state index contributed by atoms with van der Waals surface area (Å²) in [6.45, 7) is 7.24. The van der Waals surface area contributed by atoms with Crippen molar-refractivity contribution in [2.75, 3.05) is 31.1 Å². The van der Waals surface area contributed by atoms with E-state index in [1.807, 2.05) is 25.7 Å². The first-order valence-corrected chi connectivity index (χ1v) is 10.4. The molecule has 0 saturated carbocycles. The third-order valence-corrected chi connectivity index (χ3v) is 6.53. The number of halogens is 1. The van der Waals surface area contributed by atoms with Crippen molar-refractivity contribution in [1.29, 1.82) is 0 Å². The van der Waals surface area contributed by atoms with E-state index in [0.717, 1.165) is 5.56 Å². The molecule has 6 nitrogen and oxygen atoms in total. The topological polar surface area (TPSA) is 62.7 Å². The number of hydrogen-bond donors (Lipinski definition) is 0. The van der Waals surface area contributed by atoms with Gasteiger partial charge >= 0.3 is 0 Å². The summed E-state index contributed by atoms with van der Waals surface area (Å²) < 4.78 is 46.5. The van der Waals surface area contributed by atoms with Crippen molar-refractivity contribution >= 4 is 15.8 Å². The van der Waals surface area contributed by atoms with Crippen LogP contribution in [0.5, 0.6) is 5.75 Å². The molecule has 0 bridgehead atoms. The molecule has 0 aliphatic carbocycles. The predicted molar refractivity (Wildman–Crippen MR) is 102 cm³/mol. The van der Waals surface area contributed by atoms with Gasteiger partial charge in [-0.2, -0.15) is 8.70 Å². The van der Waals surface area contributed by atoms with Gasteiger partial charge in [-0.1, -0.05) is 6.07 Å². The van der Waals surface area contributed by atoms with Gasteiger partial charge in [0.05, 0.1) is 11.5 Å². The second-order valence-electron chi connectivity index (χ2n) is 6.58. The number of hydrogen-bond acceptors (Lipinski definition) is 5. The molecule has 8 heteroatoms. The van der Waals surface area contributed by atoms with Gasteiger partial charge in [0.1, 0.15) is 11.6 Å². The number of sulfonamides is 1. The van der Waals surface area contributed by atoms with Crippen LogP contribution in [0.2, 0.25) is 0 Å². The summed E-state index contributed by atoms with van der Waals surface area (Å²) in [6.07, 6.45) is 0. The minimum absolute atomic E-state index is 0.119. The van der Waals surface area contributed by atoms with Crippen molar-refractivity contribution in [3.8, 4) is 5.75 Å². The summed E-state index contributed by atoms with van der Waals surface area (Å²) in [5.74, 6) is 0.669. The zero-order valence-electron chi connectivity index (χ0n) is 15.7. The van der Waals surface area contributed by atoms with Gasteiger partial charge in [0.15, 0.2) is 0 Å². The lowest BCUT2D eigenvalue weighted by Crippen LogP contribution is -2.53. The summed E-state index contributed by atoms with van der Waals surface area (Å²) in [6, 6.07) is 9.44. The molecule has 0 amide bonds. The van der Waals surface area contributed by atoms with Gasteiger partial charge < -0.3 is 9.64 Å². The van der Waals surface area contributed by atoms with Crippen LogP contribution in [-0.4, -0.2) is 50.0 Å². The molecule has 2 aromatic rings. The maximum atomic E-state index is 13.4. The molecule has 0 radical (unpaired) electrons. The number of nitrogens with zero attached hydrogens (tertiary/aromatic N) is 3. The Bertz CT molecular complexity index is 920. The first-order chi connectivity index (χ1) is 12.8. The number of anilines is 1. The Morgan fingerprint density at radius 2 is 2.04 bits per heavy atom. The third-order valence-electron chi connectivity index (χ3n) is 4.67. The molecular formula is C19H24FN3O3S. The van der Waals surface area contributed by atoms with Gasteiger partial charge in [-0.15, -0.1) is 0 Å². The summed E-state index contributed by atoms with van der Waals surface area (Å²) in [7, 11) is -3.61. The first-order valence-electron chi connectivity index (χ1n) is 8.95. The predicted octanol–water partition coefficient (Wildman–Crippen LogP) is 2.83. The van der Waals surface area contributed by atoms with Crippen LogP contribution in [0.3, 0.4) is 0 Å². The second kappa shape index (κ2) is 7.82. The molecule has 1 saturated heterocycles. The maximum Gasteiger partial charge on any atom is 0.243 e. The van der Waals surface area contributed by atoms with Crippen LogP contribution < -0.4 is 9.64 Å². The number of pyridine rings is 1. The zero-order chi connectivity index (χ0) is 19.6. The number of benzene rings is 1. The Kier molecular flexibility index (Phi) is 5.67. The molecule has 1 atom stereocenters.